The average molecular weight is 129 g/mol. The Morgan fingerprint density at radius 3 is 2.44 bits per heavy atom. The van der Waals surface area contributed by atoms with Gasteiger partial charge >= 0.3 is 0 Å². The molecule has 1 heteroatoms. The minimum Gasteiger partial charge on any atom is -0.251 e. The molecule has 1 aliphatic rings. The molecule has 1 aliphatic carbocycles. The highest BCUT2D eigenvalue weighted by molar-refractivity contribution is 4.75. The SMILES string of the molecule is [CH2]C1CCCCC1CF. The van der Waals surface area contributed by atoms with Crippen molar-refractivity contribution in [2.75, 3.05) is 6.67 Å². The zero-order valence-electron chi connectivity index (χ0n) is 5.78. The van der Waals surface area contributed by atoms with Gasteiger partial charge in [0.15, 0.2) is 0 Å². The summed E-state index contributed by atoms with van der Waals surface area (Å²) in [4.78, 5) is 0. The fourth-order valence-electron chi connectivity index (χ4n) is 1.49. The molecule has 1 radical (unpaired) electrons. The van der Waals surface area contributed by atoms with Gasteiger partial charge in [0.25, 0.3) is 0 Å². The van der Waals surface area contributed by atoms with Crippen LogP contribution in [0.4, 0.5) is 4.39 Å². The number of halogens is 1. The molecule has 0 bridgehead atoms. The largest absolute Gasteiger partial charge is 0.251 e. The van der Waals surface area contributed by atoms with Crippen molar-refractivity contribution < 1.29 is 4.39 Å². The van der Waals surface area contributed by atoms with Crippen LogP contribution in [0.25, 0.3) is 0 Å². The van der Waals surface area contributed by atoms with Crippen molar-refractivity contribution in [1.29, 1.82) is 0 Å². The molecule has 0 aromatic carbocycles. The summed E-state index contributed by atoms with van der Waals surface area (Å²) in [5.41, 5.74) is 0. The number of alkyl halides is 1. The van der Waals surface area contributed by atoms with Gasteiger partial charge in [-0.25, -0.2) is 0 Å². The topological polar surface area (TPSA) is 0 Å². The molecular formula is C8H14F. The standard InChI is InChI=1S/C8H14F/c1-7-4-2-3-5-8(7)6-9/h7-8H,1-6H2. The Hall–Kier alpha value is -0.0700. The van der Waals surface area contributed by atoms with Crippen LogP contribution in [0.5, 0.6) is 0 Å². The molecule has 0 N–H and O–H groups in total. The lowest BCUT2D eigenvalue weighted by Crippen LogP contribution is -2.18. The van der Waals surface area contributed by atoms with E-state index in [0.29, 0.717) is 5.92 Å². The Labute approximate surface area is 56.5 Å². The summed E-state index contributed by atoms with van der Waals surface area (Å²) in [5, 5.41) is 0. The minimum absolute atomic E-state index is 0.159. The fourth-order valence-corrected chi connectivity index (χ4v) is 1.49. The third kappa shape index (κ3) is 1.67. The lowest BCUT2D eigenvalue weighted by atomic mass is 9.81. The molecule has 0 aliphatic heterocycles. The van der Waals surface area contributed by atoms with Gasteiger partial charge < -0.3 is 0 Å². The third-order valence-electron chi connectivity index (χ3n) is 2.26. The van der Waals surface area contributed by atoms with Gasteiger partial charge in [-0.2, -0.15) is 0 Å². The van der Waals surface area contributed by atoms with Crippen LogP contribution in [0, 0.1) is 18.8 Å². The Kier molecular flexibility index (Phi) is 2.49. The summed E-state index contributed by atoms with van der Waals surface area (Å²) < 4.78 is 12.1. The van der Waals surface area contributed by atoms with Crippen molar-refractivity contribution in [2.24, 2.45) is 11.8 Å². The van der Waals surface area contributed by atoms with Gasteiger partial charge in [-0.15, -0.1) is 0 Å². The van der Waals surface area contributed by atoms with Crippen LogP contribution in [-0.4, -0.2) is 6.67 Å². The Morgan fingerprint density at radius 2 is 2.00 bits per heavy atom. The summed E-state index contributed by atoms with van der Waals surface area (Å²) in [5.74, 6) is 0.669. The quantitative estimate of drug-likeness (QED) is 0.510. The molecule has 0 nitrogen and oxygen atoms in total. The van der Waals surface area contributed by atoms with E-state index in [4.69, 9.17) is 0 Å². The van der Waals surface area contributed by atoms with E-state index in [2.05, 4.69) is 6.92 Å². The molecule has 0 spiro atoms. The van der Waals surface area contributed by atoms with E-state index in [0.717, 1.165) is 12.8 Å². The second-order valence-corrected chi connectivity index (χ2v) is 2.96. The van der Waals surface area contributed by atoms with Crippen LogP contribution in [0.3, 0.4) is 0 Å². The van der Waals surface area contributed by atoms with Gasteiger partial charge in [0.05, 0.1) is 6.67 Å². The normalized spacial score (nSPS) is 36.7. The highest BCUT2D eigenvalue weighted by Crippen LogP contribution is 2.29. The maximum atomic E-state index is 12.1. The van der Waals surface area contributed by atoms with Crippen LogP contribution >= 0.6 is 0 Å². The summed E-state index contributed by atoms with van der Waals surface area (Å²) in [6.07, 6.45) is 4.66. The molecule has 0 amide bonds. The van der Waals surface area contributed by atoms with Crippen molar-refractivity contribution in [3.05, 3.63) is 6.92 Å². The molecule has 1 saturated carbocycles. The smallest absolute Gasteiger partial charge is 0.0925 e. The zero-order valence-corrected chi connectivity index (χ0v) is 5.78. The molecular weight excluding hydrogens is 115 g/mol. The molecule has 0 saturated heterocycles. The molecule has 2 unspecified atom stereocenters. The van der Waals surface area contributed by atoms with Gasteiger partial charge in [0.1, 0.15) is 0 Å². The molecule has 0 aromatic heterocycles. The van der Waals surface area contributed by atoms with Gasteiger partial charge in [-0.05, 0) is 25.2 Å². The Bertz CT molecular complexity index is 80.6. The average Bonchev–Trinajstić information content (AvgIpc) is 1.89. The lowest BCUT2D eigenvalue weighted by molar-refractivity contribution is 0.225. The molecule has 53 valence electrons. The number of hydrogen-bond acceptors (Lipinski definition) is 0. The van der Waals surface area contributed by atoms with Crippen molar-refractivity contribution in [3.63, 3.8) is 0 Å². The highest BCUT2D eigenvalue weighted by Gasteiger charge is 2.20. The highest BCUT2D eigenvalue weighted by atomic mass is 19.1. The van der Waals surface area contributed by atoms with Gasteiger partial charge in [0, 0.05) is 0 Å². The van der Waals surface area contributed by atoms with E-state index < -0.39 is 0 Å². The van der Waals surface area contributed by atoms with Crippen LogP contribution in [0.2, 0.25) is 0 Å². The van der Waals surface area contributed by atoms with Gasteiger partial charge in [0.2, 0.25) is 0 Å². The van der Waals surface area contributed by atoms with E-state index in [1.165, 1.54) is 12.8 Å². The molecule has 9 heavy (non-hydrogen) atoms. The van der Waals surface area contributed by atoms with Crippen molar-refractivity contribution in [1.82, 2.24) is 0 Å². The van der Waals surface area contributed by atoms with Crippen LogP contribution in [0.1, 0.15) is 25.7 Å². The first-order valence-electron chi connectivity index (χ1n) is 3.73. The fraction of sp³-hybridized carbons (Fsp3) is 0.875. The molecule has 0 aromatic rings. The summed E-state index contributed by atoms with van der Waals surface area (Å²) >= 11 is 0. The summed E-state index contributed by atoms with van der Waals surface area (Å²) in [6.45, 7) is 3.75. The number of hydrogen-bond donors (Lipinski definition) is 0. The molecule has 0 heterocycles. The third-order valence-corrected chi connectivity index (χ3v) is 2.26. The Balaban J connectivity index is 2.30. The minimum atomic E-state index is -0.159. The van der Waals surface area contributed by atoms with E-state index >= 15 is 0 Å². The van der Waals surface area contributed by atoms with Crippen molar-refractivity contribution >= 4 is 0 Å². The van der Waals surface area contributed by atoms with Gasteiger partial charge in [-0.1, -0.05) is 19.3 Å². The van der Waals surface area contributed by atoms with E-state index in [1.807, 2.05) is 0 Å². The second kappa shape index (κ2) is 3.19. The Morgan fingerprint density at radius 1 is 1.33 bits per heavy atom. The molecule has 1 rings (SSSR count). The zero-order chi connectivity index (χ0) is 6.69. The summed E-state index contributed by atoms with van der Waals surface area (Å²) in [6, 6.07) is 0. The monoisotopic (exact) mass is 129 g/mol. The van der Waals surface area contributed by atoms with Crippen LogP contribution in [-0.2, 0) is 0 Å². The predicted octanol–water partition coefficient (Wildman–Crippen LogP) is 2.60. The first-order chi connectivity index (χ1) is 4.34. The van der Waals surface area contributed by atoms with E-state index in [-0.39, 0.29) is 12.6 Å². The van der Waals surface area contributed by atoms with Crippen molar-refractivity contribution in [2.45, 2.75) is 25.7 Å². The van der Waals surface area contributed by atoms with Crippen LogP contribution < -0.4 is 0 Å². The summed E-state index contributed by atoms with van der Waals surface area (Å²) in [7, 11) is 0. The van der Waals surface area contributed by atoms with Gasteiger partial charge in [-0.3, -0.25) is 4.39 Å². The van der Waals surface area contributed by atoms with Crippen molar-refractivity contribution in [3.8, 4) is 0 Å². The first-order valence-corrected chi connectivity index (χ1v) is 3.73. The predicted molar refractivity (Wildman–Crippen MR) is 36.8 cm³/mol. The first kappa shape index (κ1) is 7.04. The van der Waals surface area contributed by atoms with E-state index in [1.54, 1.807) is 0 Å². The maximum absolute atomic E-state index is 12.1. The van der Waals surface area contributed by atoms with Crippen LogP contribution in [0.15, 0.2) is 0 Å². The van der Waals surface area contributed by atoms with E-state index in [9.17, 15) is 4.39 Å². The number of rotatable bonds is 1. The maximum Gasteiger partial charge on any atom is 0.0925 e. The molecule has 2 atom stereocenters. The second-order valence-electron chi connectivity index (χ2n) is 2.96. The molecule has 1 fully saturated rings. The lowest BCUT2D eigenvalue weighted by Gasteiger charge is -2.25.